The summed E-state index contributed by atoms with van der Waals surface area (Å²) >= 11 is 0. The third kappa shape index (κ3) is 12.5. The molecule has 0 amide bonds. The molecule has 0 spiro atoms. The van der Waals surface area contributed by atoms with Crippen LogP contribution in [0.3, 0.4) is 0 Å². The van der Waals surface area contributed by atoms with Gasteiger partial charge in [0, 0.05) is 0 Å². The number of aromatic hydroxyl groups is 1. The Kier molecular flexibility index (Phi) is 7.16. The summed E-state index contributed by atoms with van der Waals surface area (Å²) in [5.41, 5.74) is 0. The van der Waals surface area contributed by atoms with Gasteiger partial charge in [-0.25, -0.2) is 0 Å². The smallest absolute Gasteiger partial charge is 0.339 e. The minimum Gasteiger partial charge on any atom is -0.508 e. The van der Waals surface area contributed by atoms with Gasteiger partial charge in [0.25, 0.3) is 0 Å². The number of nitrogens with one attached hydrogen (secondary N) is 1. The number of hydrogen-bond donors (Lipinski definition) is 5. The van der Waals surface area contributed by atoms with Gasteiger partial charge in [-0.15, -0.1) is 0 Å². The van der Waals surface area contributed by atoms with Crippen molar-refractivity contribution in [1.82, 2.24) is 5.32 Å². The molecule has 8 heteroatoms. The summed E-state index contributed by atoms with van der Waals surface area (Å²) in [5.74, 6) is -0.823. The van der Waals surface area contributed by atoms with Crippen LogP contribution in [0.2, 0.25) is 0 Å². The topological polar surface area (TPSA) is 127 Å². The van der Waals surface area contributed by atoms with Gasteiger partial charge in [-0.3, -0.25) is 14.7 Å². The molecule has 0 saturated carbocycles. The average Bonchev–Trinajstić information content (AvgIpc) is 2.17. The molecule has 0 aromatic heterocycles. The Labute approximate surface area is 97.9 Å². The Bertz CT molecular complexity index is 376. The van der Waals surface area contributed by atoms with Crippen LogP contribution < -0.4 is 5.32 Å². The highest BCUT2D eigenvalue weighted by Crippen LogP contribution is 2.31. The number of phenols is 1. The number of carboxylic acids is 1. The van der Waals surface area contributed by atoms with Gasteiger partial charge in [0.2, 0.25) is 0 Å². The number of aliphatic carboxylic acids is 1. The SMILES string of the molecule is O=C(O)CNCP(=O)(O)O.Oc1ccccc1. The van der Waals surface area contributed by atoms with Crippen molar-refractivity contribution in [3.05, 3.63) is 30.3 Å². The van der Waals surface area contributed by atoms with Crippen molar-refractivity contribution in [1.29, 1.82) is 0 Å². The van der Waals surface area contributed by atoms with Gasteiger partial charge in [0.15, 0.2) is 0 Å². The van der Waals surface area contributed by atoms with Crippen LogP contribution in [-0.4, -0.2) is 38.8 Å². The van der Waals surface area contributed by atoms with E-state index in [1.807, 2.05) is 6.07 Å². The van der Waals surface area contributed by atoms with E-state index in [1.165, 1.54) is 0 Å². The lowest BCUT2D eigenvalue weighted by Crippen LogP contribution is -2.23. The minimum atomic E-state index is -4.10. The van der Waals surface area contributed by atoms with Gasteiger partial charge in [0.05, 0.1) is 12.8 Å². The maximum absolute atomic E-state index is 10.1. The van der Waals surface area contributed by atoms with Crippen LogP contribution in [0, 0.1) is 0 Å². The monoisotopic (exact) mass is 263 g/mol. The zero-order valence-corrected chi connectivity index (χ0v) is 9.75. The number of rotatable bonds is 4. The van der Waals surface area contributed by atoms with Gasteiger partial charge >= 0.3 is 13.6 Å². The zero-order chi connectivity index (χ0) is 13.3. The van der Waals surface area contributed by atoms with Gasteiger partial charge in [0.1, 0.15) is 5.75 Å². The van der Waals surface area contributed by atoms with Crippen LogP contribution in [0.4, 0.5) is 0 Å². The second kappa shape index (κ2) is 7.81. The van der Waals surface area contributed by atoms with Gasteiger partial charge in [-0.1, -0.05) is 18.2 Å². The molecular formula is C9H14NO6P. The van der Waals surface area contributed by atoms with E-state index in [1.54, 1.807) is 24.3 Å². The maximum Gasteiger partial charge on any atom is 0.339 e. The van der Waals surface area contributed by atoms with Crippen molar-refractivity contribution < 1.29 is 29.4 Å². The summed E-state index contributed by atoms with van der Waals surface area (Å²) in [5, 5.41) is 18.7. The highest BCUT2D eigenvalue weighted by molar-refractivity contribution is 7.51. The number of benzene rings is 1. The molecule has 0 fully saturated rings. The van der Waals surface area contributed by atoms with Gasteiger partial charge < -0.3 is 20.0 Å². The highest BCUT2D eigenvalue weighted by atomic mass is 31.2. The molecule has 0 bridgehead atoms. The van der Waals surface area contributed by atoms with Crippen molar-refractivity contribution in [2.75, 3.05) is 12.8 Å². The standard InChI is InChI=1S/C6H6O.C3H8NO5P/c7-6-4-2-1-3-5-6;5-3(6)1-4-2-10(7,8)9/h1-5,7H;4H,1-2H2,(H,5,6)(H2,7,8,9). The van der Waals surface area contributed by atoms with E-state index < -0.39 is 26.4 Å². The van der Waals surface area contributed by atoms with Gasteiger partial charge in [-0.05, 0) is 12.1 Å². The van der Waals surface area contributed by atoms with Crippen molar-refractivity contribution in [3.8, 4) is 5.75 Å². The summed E-state index contributed by atoms with van der Waals surface area (Å²) in [6, 6.07) is 8.71. The first-order chi connectivity index (χ1) is 7.81. The third-order valence-electron chi connectivity index (χ3n) is 1.35. The molecule has 1 aromatic carbocycles. The number of hydrogen-bond acceptors (Lipinski definition) is 4. The molecule has 0 aliphatic heterocycles. The molecule has 0 aliphatic carbocycles. The Hall–Kier alpha value is -1.40. The number of carboxylic acid groups (broad SMARTS) is 1. The van der Waals surface area contributed by atoms with Crippen LogP contribution in [0.1, 0.15) is 0 Å². The highest BCUT2D eigenvalue weighted by Gasteiger charge is 2.11. The predicted octanol–water partition coefficient (Wildman–Crippen LogP) is 0.188. The Morgan fingerprint density at radius 3 is 2.06 bits per heavy atom. The van der Waals surface area contributed by atoms with Crippen molar-refractivity contribution >= 4 is 13.6 Å². The van der Waals surface area contributed by atoms with Crippen LogP contribution in [-0.2, 0) is 9.36 Å². The second-order valence-electron chi connectivity index (χ2n) is 2.98. The Morgan fingerprint density at radius 1 is 1.24 bits per heavy atom. The lowest BCUT2D eigenvalue weighted by molar-refractivity contribution is -0.135. The van der Waals surface area contributed by atoms with Crippen LogP contribution >= 0.6 is 7.60 Å². The lowest BCUT2D eigenvalue weighted by atomic mass is 10.3. The van der Waals surface area contributed by atoms with E-state index in [4.69, 9.17) is 20.0 Å². The second-order valence-corrected chi connectivity index (χ2v) is 4.62. The zero-order valence-electron chi connectivity index (χ0n) is 8.85. The van der Waals surface area contributed by atoms with E-state index in [2.05, 4.69) is 5.32 Å². The summed E-state index contributed by atoms with van der Waals surface area (Å²) in [4.78, 5) is 26.1. The number of carbonyl (C=O) groups is 1. The normalized spacial score (nSPS) is 10.2. The van der Waals surface area contributed by atoms with E-state index >= 15 is 0 Å². The maximum atomic E-state index is 10.1. The first-order valence-corrected chi connectivity index (χ1v) is 6.32. The van der Waals surface area contributed by atoms with E-state index in [-0.39, 0.29) is 0 Å². The summed E-state index contributed by atoms with van der Waals surface area (Å²) in [7, 11) is -4.10. The summed E-state index contributed by atoms with van der Waals surface area (Å²) in [6.45, 7) is -0.439. The van der Waals surface area contributed by atoms with Crippen LogP contribution in [0.15, 0.2) is 30.3 Å². The first kappa shape index (κ1) is 15.6. The van der Waals surface area contributed by atoms with E-state index in [0.29, 0.717) is 5.75 Å². The molecule has 7 nitrogen and oxygen atoms in total. The van der Waals surface area contributed by atoms with Crippen LogP contribution in [0.5, 0.6) is 5.75 Å². The molecule has 0 saturated heterocycles. The molecule has 1 aromatic rings. The summed E-state index contributed by atoms with van der Waals surface area (Å²) < 4.78 is 10.1. The molecule has 0 unspecified atom stereocenters. The number of para-hydroxylation sites is 1. The quantitative estimate of drug-likeness (QED) is 0.490. The number of phenolic OH excluding ortho intramolecular Hbond substituents is 1. The predicted molar refractivity (Wildman–Crippen MR) is 60.7 cm³/mol. The van der Waals surface area contributed by atoms with E-state index in [9.17, 15) is 9.36 Å². The van der Waals surface area contributed by atoms with Crippen LogP contribution in [0.25, 0.3) is 0 Å². The fourth-order valence-electron chi connectivity index (χ4n) is 0.736. The molecule has 17 heavy (non-hydrogen) atoms. The van der Waals surface area contributed by atoms with Gasteiger partial charge in [-0.2, -0.15) is 0 Å². The molecular weight excluding hydrogens is 249 g/mol. The summed E-state index contributed by atoms with van der Waals surface area (Å²) in [6.07, 6.45) is -0.598. The van der Waals surface area contributed by atoms with Crippen molar-refractivity contribution in [2.45, 2.75) is 0 Å². The Morgan fingerprint density at radius 2 is 1.76 bits per heavy atom. The molecule has 0 radical (unpaired) electrons. The van der Waals surface area contributed by atoms with E-state index in [0.717, 1.165) is 0 Å². The minimum absolute atomic E-state index is 0.322. The van der Waals surface area contributed by atoms with Crippen molar-refractivity contribution in [3.63, 3.8) is 0 Å². The molecule has 0 heterocycles. The first-order valence-electron chi connectivity index (χ1n) is 4.52. The Balaban J connectivity index is 0.000000318. The fraction of sp³-hybridized carbons (Fsp3) is 0.222. The largest absolute Gasteiger partial charge is 0.508 e. The lowest BCUT2D eigenvalue weighted by Gasteiger charge is -2.02. The molecule has 1 rings (SSSR count). The third-order valence-corrected chi connectivity index (χ3v) is 1.99. The molecule has 5 N–H and O–H groups in total. The average molecular weight is 263 g/mol. The molecule has 0 atom stereocenters. The molecule has 96 valence electrons. The van der Waals surface area contributed by atoms with Crippen molar-refractivity contribution in [2.24, 2.45) is 0 Å². The fourth-order valence-corrected chi connectivity index (χ4v) is 1.14. The molecule has 0 aliphatic rings.